The zero-order valence-corrected chi connectivity index (χ0v) is 13.9. The maximum absolute atomic E-state index is 6.77. The molecule has 5 rings (SSSR count). The third kappa shape index (κ3) is 1.68. The van der Waals surface area contributed by atoms with Gasteiger partial charge < -0.3 is 5.73 Å². The topological polar surface area (TPSA) is 26.0 Å². The molecule has 0 radical (unpaired) electrons. The van der Waals surface area contributed by atoms with Gasteiger partial charge in [-0.2, -0.15) is 0 Å². The summed E-state index contributed by atoms with van der Waals surface area (Å²) in [6.07, 6.45) is 0. The summed E-state index contributed by atoms with van der Waals surface area (Å²) in [6, 6.07) is 24.2. The van der Waals surface area contributed by atoms with Gasteiger partial charge in [0.15, 0.2) is 0 Å². The van der Waals surface area contributed by atoms with Crippen LogP contribution in [0, 0.1) is 6.92 Å². The highest BCUT2D eigenvalue weighted by molar-refractivity contribution is 6.09. The summed E-state index contributed by atoms with van der Waals surface area (Å²) in [7, 11) is 0. The van der Waals surface area contributed by atoms with Crippen molar-refractivity contribution in [2.45, 2.75) is 19.4 Å². The first kappa shape index (κ1) is 13.8. The van der Waals surface area contributed by atoms with E-state index in [1.165, 1.54) is 49.4 Å². The molecule has 4 aromatic carbocycles. The van der Waals surface area contributed by atoms with Gasteiger partial charge in [0.2, 0.25) is 0 Å². The number of rotatable bonds is 0. The average molecular weight is 309 g/mol. The van der Waals surface area contributed by atoms with Crippen molar-refractivity contribution >= 4 is 21.5 Å². The van der Waals surface area contributed by atoms with Crippen molar-refractivity contribution < 1.29 is 0 Å². The fraction of sp³-hybridized carbons (Fsp3) is 0.130. The SMILES string of the molecule is Cc1ccc2ccc3cc4c(cc3c2c1)C(C)(N)c1ccccc1-4. The molecule has 0 saturated heterocycles. The molecule has 4 aromatic rings. The van der Waals surface area contributed by atoms with Crippen molar-refractivity contribution in [3.8, 4) is 11.1 Å². The molecular formula is C23H19N. The lowest BCUT2D eigenvalue weighted by Gasteiger charge is -2.22. The molecule has 2 N–H and O–H groups in total. The van der Waals surface area contributed by atoms with E-state index in [2.05, 4.69) is 80.6 Å². The summed E-state index contributed by atoms with van der Waals surface area (Å²) in [5.41, 5.74) is 12.6. The second kappa shape index (κ2) is 4.46. The van der Waals surface area contributed by atoms with Gasteiger partial charge in [-0.25, -0.2) is 0 Å². The minimum Gasteiger partial charge on any atom is -0.318 e. The molecule has 0 fully saturated rings. The van der Waals surface area contributed by atoms with Gasteiger partial charge in [-0.05, 0) is 69.8 Å². The summed E-state index contributed by atoms with van der Waals surface area (Å²) in [5, 5.41) is 5.16. The lowest BCUT2D eigenvalue weighted by atomic mass is 9.89. The molecule has 116 valence electrons. The van der Waals surface area contributed by atoms with Crippen LogP contribution in [0.3, 0.4) is 0 Å². The van der Waals surface area contributed by atoms with Crippen LogP contribution in [0.4, 0.5) is 0 Å². The van der Waals surface area contributed by atoms with Crippen molar-refractivity contribution in [3.63, 3.8) is 0 Å². The zero-order valence-electron chi connectivity index (χ0n) is 13.9. The molecule has 1 aliphatic rings. The lowest BCUT2D eigenvalue weighted by Crippen LogP contribution is -2.31. The Morgan fingerprint density at radius 1 is 0.708 bits per heavy atom. The molecule has 24 heavy (non-hydrogen) atoms. The van der Waals surface area contributed by atoms with Crippen LogP contribution in [0.1, 0.15) is 23.6 Å². The number of nitrogens with two attached hydrogens (primary N) is 1. The van der Waals surface area contributed by atoms with Gasteiger partial charge in [-0.1, -0.05) is 60.2 Å². The Labute approximate surface area is 141 Å². The number of hydrogen-bond donors (Lipinski definition) is 1. The quantitative estimate of drug-likeness (QED) is 0.426. The normalized spacial score (nSPS) is 18.8. The average Bonchev–Trinajstić information content (AvgIpc) is 2.81. The van der Waals surface area contributed by atoms with E-state index in [0.717, 1.165) is 0 Å². The Bertz CT molecular complexity index is 1140. The smallest absolute Gasteiger partial charge is 0.0649 e. The Balaban J connectivity index is 1.94. The first-order chi connectivity index (χ1) is 11.6. The largest absolute Gasteiger partial charge is 0.318 e. The van der Waals surface area contributed by atoms with Crippen LogP contribution in [0.25, 0.3) is 32.7 Å². The second-order valence-corrected chi connectivity index (χ2v) is 7.16. The Morgan fingerprint density at radius 2 is 1.42 bits per heavy atom. The number of aryl methyl sites for hydroxylation is 1. The molecular weight excluding hydrogens is 290 g/mol. The van der Waals surface area contributed by atoms with E-state index in [1.807, 2.05) is 0 Å². The van der Waals surface area contributed by atoms with Crippen molar-refractivity contribution in [2.75, 3.05) is 0 Å². The molecule has 0 saturated carbocycles. The molecule has 0 amide bonds. The first-order valence-corrected chi connectivity index (χ1v) is 8.42. The predicted molar refractivity (Wildman–Crippen MR) is 102 cm³/mol. The van der Waals surface area contributed by atoms with Crippen LogP contribution in [0.2, 0.25) is 0 Å². The van der Waals surface area contributed by atoms with E-state index in [0.29, 0.717) is 0 Å². The van der Waals surface area contributed by atoms with Gasteiger partial charge in [0.1, 0.15) is 0 Å². The van der Waals surface area contributed by atoms with E-state index >= 15 is 0 Å². The van der Waals surface area contributed by atoms with Gasteiger partial charge in [-0.15, -0.1) is 0 Å². The Morgan fingerprint density at radius 3 is 2.29 bits per heavy atom. The number of benzene rings is 4. The summed E-state index contributed by atoms with van der Waals surface area (Å²) >= 11 is 0. The summed E-state index contributed by atoms with van der Waals surface area (Å²) in [5.74, 6) is 0. The van der Waals surface area contributed by atoms with Crippen LogP contribution in [-0.4, -0.2) is 0 Å². The van der Waals surface area contributed by atoms with Crippen LogP contribution in [0.15, 0.2) is 66.7 Å². The molecule has 1 heteroatoms. The maximum Gasteiger partial charge on any atom is 0.0649 e. The maximum atomic E-state index is 6.77. The lowest BCUT2D eigenvalue weighted by molar-refractivity contribution is 0.622. The molecule has 0 spiro atoms. The Kier molecular flexibility index (Phi) is 2.56. The van der Waals surface area contributed by atoms with Crippen LogP contribution in [-0.2, 0) is 5.54 Å². The van der Waals surface area contributed by atoms with Gasteiger partial charge in [-0.3, -0.25) is 0 Å². The van der Waals surface area contributed by atoms with Crippen molar-refractivity contribution in [3.05, 3.63) is 83.4 Å². The third-order valence-electron chi connectivity index (χ3n) is 5.47. The summed E-state index contributed by atoms with van der Waals surface area (Å²) in [4.78, 5) is 0. The van der Waals surface area contributed by atoms with Crippen LogP contribution in [0.5, 0.6) is 0 Å². The van der Waals surface area contributed by atoms with E-state index in [1.54, 1.807) is 0 Å². The fourth-order valence-corrected chi connectivity index (χ4v) is 4.18. The minimum absolute atomic E-state index is 0.438. The first-order valence-electron chi connectivity index (χ1n) is 8.42. The highest BCUT2D eigenvalue weighted by atomic mass is 14.7. The third-order valence-corrected chi connectivity index (χ3v) is 5.47. The molecule has 1 unspecified atom stereocenters. The van der Waals surface area contributed by atoms with Crippen LogP contribution < -0.4 is 5.73 Å². The van der Waals surface area contributed by atoms with Crippen molar-refractivity contribution in [2.24, 2.45) is 5.73 Å². The number of fused-ring (bicyclic) bond motifs is 6. The van der Waals surface area contributed by atoms with E-state index in [4.69, 9.17) is 5.73 Å². The summed E-state index contributed by atoms with van der Waals surface area (Å²) < 4.78 is 0. The summed E-state index contributed by atoms with van der Waals surface area (Å²) in [6.45, 7) is 4.27. The highest BCUT2D eigenvalue weighted by Crippen LogP contribution is 2.47. The van der Waals surface area contributed by atoms with Gasteiger partial charge >= 0.3 is 0 Å². The van der Waals surface area contributed by atoms with Gasteiger partial charge in [0, 0.05) is 0 Å². The van der Waals surface area contributed by atoms with E-state index < -0.39 is 5.54 Å². The Hall–Kier alpha value is -2.64. The molecule has 1 nitrogen and oxygen atoms in total. The molecule has 1 aliphatic carbocycles. The van der Waals surface area contributed by atoms with E-state index in [-0.39, 0.29) is 0 Å². The van der Waals surface area contributed by atoms with Crippen molar-refractivity contribution in [1.29, 1.82) is 0 Å². The molecule has 0 bridgehead atoms. The molecule has 1 atom stereocenters. The standard InChI is InChI=1S/C23H19N/c1-14-7-8-15-9-10-16-12-20-17-5-3-4-6-21(17)23(2,24)22(20)13-19(16)18(15)11-14/h3-13H,24H2,1-2H3. The van der Waals surface area contributed by atoms with Crippen LogP contribution >= 0.6 is 0 Å². The van der Waals surface area contributed by atoms with E-state index in [9.17, 15) is 0 Å². The molecule has 0 aliphatic heterocycles. The fourth-order valence-electron chi connectivity index (χ4n) is 4.18. The number of hydrogen-bond acceptors (Lipinski definition) is 1. The monoisotopic (exact) mass is 309 g/mol. The molecule has 0 heterocycles. The van der Waals surface area contributed by atoms with Gasteiger partial charge in [0.05, 0.1) is 5.54 Å². The molecule has 0 aromatic heterocycles. The predicted octanol–water partition coefficient (Wildman–Crippen LogP) is 5.50. The highest BCUT2D eigenvalue weighted by Gasteiger charge is 2.36. The zero-order chi connectivity index (χ0) is 16.5. The van der Waals surface area contributed by atoms with Crippen molar-refractivity contribution in [1.82, 2.24) is 0 Å². The second-order valence-electron chi connectivity index (χ2n) is 7.16. The minimum atomic E-state index is -0.438. The van der Waals surface area contributed by atoms with Gasteiger partial charge in [0.25, 0.3) is 0 Å².